The lowest BCUT2D eigenvalue weighted by Gasteiger charge is -2.08. The molecule has 0 bridgehead atoms. The predicted molar refractivity (Wildman–Crippen MR) is 79.9 cm³/mol. The average Bonchev–Trinajstić information content (AvgIpc) is 2.44. The third-order valence-electron chi connectivity index (χ3n) is 2.94. The van der Waals surface area contributed by atoms with Crippen molar-refractivity contribution >= 4 is 22.7 Å². The zero-order valence-corrected chi connectivity index (χ0v) is 12.2. The Balaban J connectivity index is 0.000000491. The summed E-state index contributed by atoms with van der Waals surface area (Å²) in [6.45, 7) is 2.77. The van der Waals surface area contributed by atoms with Gasteiger partial charge in [0, 0.05) is 6.92 Å². The Morgan fingerprint density at radius 3 is 2.10 bits per heavy atom. The van der Waals surface area contributed by atoms with E-state index in [0.29, 0.717) is 0 Å². The van der Waals surface area contributed by atoms with Gasteiger partial charge >= 0.3 is 5.97 Å². The molecule has 0 amide bonds. The van der Waals surface area contributed by atoms with Gasteiger partial charge in [0.25, 0.3) is 5.97 Å². The second-order valence-corrected chi connectivity index (χ2v) is 4.55. The smallest absolute Gasteiger partial charge is 0.310 e. The summed E-state index contributed by atoms with van der Waals surface area (Å²) < 4.78 is 5.14. The van der Waals surface area contributed by atoms with Crippen LogP contribution in [0, 0.1) is 0 Å². The molecule has 0 heterocycles. The summed E-state index contributed by atoms with van der Waals surface area (Å²) in [6.07, 6.45) is 0. The normalized spacial score (nSPS) is 11.2. The minimum absolute atomic E-state index is 0.485. The van der Waals surface area contributed by atoms with Gasteiger partial charge in [0.05, 0.1) is 13.0 Å². The molecule has 0 radical (unpaired) electrons. The summed E-state index contributed by atoms with van der Waals surface area (Å²) >= 11 is 0. The molecule has 5 heteroatoms. The molecule has 0 aliphatic rings. The van der Waals surface area contributed by atoms with Gasteiger partial charge in [-0.25, -0.2) is 0 Å². The van der Waals surface area contributed by atoms with Gasteiger partial charge in [-0.2, -0.15) is 0 Å². The topological polar surface area (TPSA) is 83.8 Å². The van der Waals surface area contributed by atoms with Gasteiger partial charge in [-0.15, -0.1) is 0 Å². The molecule has 0 fully saturated rings. The van der Waals surface area contributed by atoms with E-state index in [9.17, 15) is 4.79 Å². The number of rotatable bonds is 3. The third-order valence-corrected chi connectivity index (χ3v) is 2.94. The van der Waals surface area contributed by atoms with Crippen LogP contribution in [-0.2, 0) is 9.59 Å². The summed E-state index contributed by atoms with van der Waals surface area (Å²) in [7, 11) is 1.63. The van der Waals surface area contributed by atoms with Crippen molar-refractivity contribution in [1.29, 1.82) is 0 Å². The monoisotopic (exact) mass is 290 g/mol. The Morgan fingerprint density at radius 1 is 1.05 bits per heavy atom. The van der Waals surface area contributed by atoms with E-state index in [0.717, 1.165) is 29.0 Å². The predicted octanol–water partition coefficient (Wildman–Crippen LogP) is 3.13. The highest BCUT2D eigenvalue weighted by Crippen LogP contribution is 2.25. The fourth-order valence-corrected chi connectivity index (χ4v) is 1.78. The maximum atomic E-state index is 10.9. The van der Waals surface area contributed by atoms with E-state index in [-0.39, 0.29) is 0 Å². The van der Waals surface area contributed by atoms with E-state index in [4.69, 9.17) is 19.7 Å². The van der Waals surface area contributed by atoms with Crippen molar-refractivity contribution in [2.45, 2.75) is 19.8 Å². The van der Waals surface area contributed by atoms with Gasteiger partial charge in [0.2, 0.25) is 0 Å². The Bertz CT molecular complexity index is 644. The molecule has 2 rings (SSSR count). The number of carboxylic acid groups (broad SMARTS) is 2. The maximum absolute atomic E-state index is 10.9. The molecule has 21 heavy (non-hydrogen) atoms. The van der Waals surface area contributed by atoms with E-state index >= 15 is 0 Å². The molecule has 1 unspecified atom stereocenters. The molecule has 0 spiro atoms. The van der Waals surface area contributed by atoms with E-state index in [1.165, 1.54) is 0 Å². The number of ether oxygens (including phenoxy) is 1. The van der Waals surface area contributed by atoms with E-state index in [2.05, 4.69) is 0 Å². The minimum atomic E-state index is -0.833. The van der Waals surface area contributed by atoms with Crippen molar-refractivity contribution in [3.05, 3.63) is 42.0 Å². The van der Waals surface area contributed by atoms with Crippen LogP contribution in [0.5, 0.6) is 5.75 Å². The number of hydrogen-bond donors (Lipinski definition) is 2. The third kappa shape index (κ3) is 4.80. The van der Waals surface area contributed by atoms with E-state index < -0.39 is 17.9 Å². The summed E-state index contributed by atoms with van der Waals surface area (Å²) in [5, 5.41) is 18.5. The van der Waals surface area contributed by atoms with Gasteiger partial charge in [-0.05, 0) is 35.4 Å². The first-order chi connectivity index (χ1) is 9.85. The second-order valence-electron chi connectivity index (χ2n) is 4.55. The molecule has 0 saturated heterocycles. The highest BCUT2D eigenvalue weighted by molar-refractivity contribution is 5.86. The van der Waals surface area contributed by atoms with Crippen LogP contribution in [0.1, 0.15) is 25.3 Å². The molecule has 2 aromatic carbocycles. The number of carboxylic acids is 2. The molecule has 2 N–H and O–H groups in total. The van der Waals surface area contributed by atoms with Crippen LogP contribution in [0.2, 0.25) is 0 Å². The van der Waals surface area contributed by atoms with Crippen molar-refractivity contribution in [3.63, 3.8) is 0 Å². The quantitative estimate of drug-likeness (QED) is 0.907. The van der Waals surface area contributed by atoms with E-state index in [1.807, 2.05) is 36.4 Å². The standard InChI is InChI=1S/C14H14O3.C2H4O2/c1-9(14(15)16)10-3-4-12-8-13(17-2)6-5-11(12)7-10;1-2(3)4/h3-9H,1-2H3,(H,15,16);1H3,(H,3,4). The fraction of sp³-hybridized carbons (Fsp3) is 0.250. The van der Waals surface area contributed by atoms with Gasteiger partial charge in [0.15, 0.2) is 0 Å². The van der Waals surface area contributed by atoms with Gasteiger partial charge in [-0.1, -0.05) is 24.3 Å². The Morgan fingerprint density at radius 2 is 1.57 bits per heavy atom. The SMILES string of the molecule is CC(=O)O.COc1ccc2cc(C(C)C(=O)O)ccc2c1. The number of benzene rings is 2. The molecule has 0 saturated carbocycles. The molecule has 5 nitrogen and oxygen atoms in total. The summed E-state index contributed by atoms with van der Waals surface area (Å²) in [5.74, 6) is -1.32. The Labute approximate surface area is 122 Å². The molecule has 2 aromatic rings. The van der Waals surface area contributed by atoms with Gasteiger partial charge in [0.1, 0.15) is 5.75 Å². The van der Waals surface area contributed by atoms with Crippen LogP contribution in [0.15, 0.2) is 36.4 Å². The highest BCUT2D eigenvalue weighted by Gasteiger charge is 2.13. The number of carbonyl (C=O) groups is 2. The molecular weight excluding hydrogens is 272 g/mol. The first kappa shape index (κ1) is 16.5. The van der Waals surface area contributed by atoms with Gasteiger partial charge < -0.3 is 14.9 Å². The molecule has 0 aromatic heterocycles. The van der Waals surface area contributed by atoms with Crippen LogP contribution >= 0.6 is 0 Å². The summed E-state index contributed by atoms with van der Waals surface area (Å²) in [5.41, 5.74) is 0.815. The summed E-state index contributed by atoms with van der Waals surface area (Å²) in [4.78, 5) is 19.9. The van der Waals surface area contributed by atoms with Crippen LogP contribution in [0.25, 0.3) is 10.8 Å². The van der Waals surface area contributed by atoms with Crippen molar-refractivity contribution in [2.75, 3.05) is 7.11 Å². The van der Waals surface area contributed by atoms with Gasteiger partial charge in [-0.3, -0.25) is 9.59 Å². The number of fused-ring (bicyclic) bond motifs is 1. The summed E-state index contributed by atoms with van der Waals surface area (Å²) in [6, 6.07) is 11.4. The molecule has 112 valence electrons. The van der Waals surface area contributed by atoms with Crippen molar-refractivity contribution in [2.24, 2.45) is 0 Å². The van der Waals surface area contributed by atoms with Crippen LogP contribution < -0.4 is 4.74 Å². The first-order valence-corrected chi connectivity index (χ1v) is 6.35. The number of aliphatic carboxylic acids is 2. The van der Waals surface area contributed by atoms with Crippen molar-refractivity contribution in [1.82, 2.24) is 0 Å². The minimum Gasteiger partial charge on any atom is -0.497 e. The van der Waals surface area contributed by atoms with E-state index in [1.54, 1.807) is 14.0 Å². The maximum Gasteiger partial charge on any atom is 0.310 e. The highest BCUT2D eigenvalue weighted by atomic mass is 16.5. The fourth-order valence-electron chi connectivity index (χ4n) is 1.78. The largest absolute Gasteiger partial charge is 0.497 e. The average molecular weight is 290 g/mol. The van der Waals surface area contributed by atoms with Crippen molar-refractivity contribution < 1.29 is 24.5 Å². The van der Waals surface area contributed by atoms with Crippen LogP contribution in [0.3, 0.4) is 0 Å². The Kier molecular flexibility index (Phi) is 5.72. The lowest BCUT2D eigenvalue weighted by molar-refractivity contribution is -0.138. The van der Waals surface area contributed by atoms with Crippen LogP contribution in [0.4, 0.5) is 0 Å². The molecule has 0 aliphatic carbocycles. The molecule has 0 aliphatic heterocycles. The zero-order chi connectivity index (χ0) is 16.0. The number of methoxy groups -OCH3 is 1. The van der Waals surface area contributed by atoms with Crippen molar-refractivity contribution in [3.8, 4) is 5.75 Å². The number of hydrogen-bond acceptors (Lipinski definition) is 3. The lowest BCUT2D eigenvalue weighted by atomic mass is 9.98. The first-order valence-electron chi connectivity index (χ1n) is 6.35. The zero-order valence-electron chi connectivity index (χ0n) is 12.2. The van der Waals surface area contributed by atoms with Crippen LogP contribution in [-0.4, -0.2) is 29.3 Å². The lowest BCUT2D eigenvalue weighted by Crippen LogP contribution is -2.06. The second kappa shape index (κ2) is 7.28. The Hall–Kier alpha value is -2.56. The molecule has 1 atom stereocenters. The molecular formula is C16H18O5.